The van der Waals surface area contributed by atoms with Gasteiger partial charge in [0.1, 0.15) is 0 Å². The van der Waals surface area contributed by atoms with E-state index in [0.717, 1.165) is 25.0 Å². The molecule has 28 heavy (non-hydrogen) atoms. The van der Waals surface area contributed by atoms with Crippen molar-refractivity contribution in [1.82, 2.24) is 0 Å². The number of anilines is 2. The summed E-state index contributed by atoms with van der Waals surface area (Å²) in [6.45, 7) is -0.0812. The predicted octanol–water partition coefficient (Wildman–Crippen LogP) is 4.19. The highest BCUT2D eigenvalue weighted by Crippen LogP contribution is 2.32. The van der Waals surface area contributed by atoms with Crippen LogP contribution in [0.15, 0.2) is 42.5 Å². The molecule has 2 amide bonds. The Labute approximate surface area is 165 Å². The molecule has 1 aliphatic rings. The number of benzene rings is 2. The predicted molar refractivity (Wildman–Crippen MR) is 102 cm³/mol. The van der Waals surface area contributed by atoms with Gasteiger partial charge >= 0.3 is 6.18 Å². The van der Waals surface area contributed by atoms with Crippen LogP contribution in [0.25, 0.3) is 0 Å². The number of hydrogen-bond acceptors (Lipinski definition) is 3. The minimum atomic E-state index is -4.54. The van der Waals surface area contributed by atoms with E-state index < -0.39 is 17.6 Å². The summed E-state index contributed by atoms with van der Waals surface area (Å²) in [5.74, 6) is -0.548. The van der Waals surface area contributed by atoms with Crippen LogP contribution in [0, 0.1) is 5.92 Å². The van der Waals surface area contributed by atoms with Crippen molar-refractivity contribution < 1.29 is 22.8 Å². The molecule has 1 aliphatic carbocycles. The molecule has 3 rings (SSSR count). The van der Waals surface area contributed by atoms with Gasteiger partial charge in [-0.05, 0) is 60.9 Å². The first-order valence-electron chi connectivity index (χ1n) is 8.40. The average molecular weight is 414 g/mol. The van der Waals surface area contributed by atoms with Crippen molar-refractivity contribution >= 4 is 35.6 Å². The van der Waals surface area contributed by atoms with E-state index in [1.807, 2.05) is 0 Å². The van der Waals surface area contributed by atoms with E-state index in [1.54, 1.807) is 12.1 Å². The van der Waals surface area contributed by atoms with Gasteiger partial charge in [-0.25, -0.2) is 0 Å². The average Bonchev–Trinajstić information content (AvgIpc) is 3.46. The van der Waals surface area contributed by atoms with Crippen molar-refractivity contribution in [3.8, 4) is 0 Å². The standard InChI is InChI=1S/C19H18F3N3O2.ClH/c20-19(21,22)14-7-11(10-23)8-16(9-14)25-18(27)13-3-5-15(6-4-13)24-17(26)12-1-2-12;/h3-9,12H,1-2,10,23H2,(H,24,26)(H,25,27);1H. The summed E-state index contributed by atoms with van der Waals surface area (Å²) in [4.78, 5) is 24.0. The number of carbonyl (C=O) groups excluding carboxylic acids is 2. The van der Waals surface area contributed by atoms with Crippen LogP contribution in [-0.4, -0.2) is 11.8 Å². The van der Waals surface area contributed by atoms with Crippen LogP contribution in [0.4, 0.5) is 24.5 Å². The molecule has 0 bridgehead atoms. The van der Waals surface area contributed by atoms with Gasteiger partial charge in [-0.3, -0.25) is 9.59 Å². The number of carbonyl (C=O) groups is 2. The molecule has 4 N–H and O–H groups in total. The molecular weight excluding hydrogens is 395 g/mol. The first-order chi connectivity index (χ1) is 12.8. The third-order valence-corrected chi connectivity index (χ3v) is 4.18. The molecule has 0 heterocycles. The lowest BCUT2D eigenvalue weighted by Gasteiger charge is -2.13. The van der Waals surface area contributed by atoms with Crippen LogP contribution in [0.1, 0.15) is 34.3 Å². The highest BCUT2D eigenvalue weighted by atomic mass is 35.5. The van der Waals surface area contributed by atoms with Crippen molar-refractivity contribution in [1.29, 1.82) is 0 Å². The van der Waals surface area contributed by atoms with E-state index in [9.17, 15) is 22.8 Å². The number of hydrogen-bond donors (Lipinski definition) is 3. The minimum absolute atomic E-state index is 0. The van der Waals surface area contributed by atoms with Gasteiger partial charge in [-0.1, -0.05) is 0 Å². The molecule has 1 saturated carbocycles. The summed E-state index contributed by atoms with van der Waals surface area (Å²) in [5, 5.41) is 5.20. The maximum absolute atomic E-state index is 13.0. The molecule has 5 nitrogen and oxygen atoms in total. The fourth-order valence-corrected chi connectivity index (χ4v) is 2.54. The number of nitrogens with two attached hydrogens (primary N) is 1. The first kappa shape index (κ1) is 21.7. The smallest absolute Gasteiger partial charge is 0.326 e. The van der Waals surface area contributed by atoms with Crippen molar-refractivity contribution in [2.45, 2.75) is 25.6 Å². The summed E-state index contributed by atoms with van der Waals surface area (Å²) >= 11 is 0. The van der Waals surface area contributed by atoms with Gasteiger partial charge in [-0.2, -0.15) is 13.2 Å². The fraction of sp³-hybridized carbons (Fsp3) is 0.263. The molecular formula is C19H19ClF3N3O2. The van der Waals surface area contributed by atoms with Crippen LogP contribution < -0.4 is 16.4 Å². The zero-order valence-corrected chi connectivity index (χ0v) is 15.5. The highest BCUT2D eigenvalue weighted by Gasteiger charge is 2.31. The number of rotatable bonds is 5. The molecule has 2 aromatic rings. The molecule has 0 radical (unpaired) electrons. The highest BCUT2D eigenvalue weighted by molar-refractivity contribution is 6.04. The molecule has 2 aromatic carbocycles. The Kier molecular flexibility index (Phi) is 6.69. The Balaban J connectivity index is 0.00000280. The second-order valence-electron chi connectivity index (χ2n) is 6.42. The summed E-state index contributed by atoms with van der Waals surface area (Å²) < 4.78 is 38.9. The summed E-state index contributed by atoms with van der Waals surface area (Å²) in [6.07, 6.45) is -2.77. The summed E-state index contributed by atoms with van der Waals surface area (Å²) in [5.41, 5.74) is 5.66. The van der Waals surface area contributed by atoms with Gasteiger partial charge in [0, 0.05) is 29.4 Å². The van der Waals surface area contributed by atoms with Gasteiger partial charge in [0.2, 0.25) is 5.91 Å². The van der Waals surface area contributed by atoms with Gasteiger partial charge in [0.15, 0.2) is 0 Å². The van der Waals surface area contributed by atoms with Crippen molar-refractivity contribution in [2.24, 2.45) is 11.7 Å². The number of amides is 2. The molecule has 0 spiro atoms. The van der Waals surface area contributed by atoms with Crippen molar-refractivity contribution in [2.75, 3.05) is 10.6 Å². The Hall–Kier alpha value is -2.58. The largest absolute Gasteiger partial charge is 0.416 e. The lowest BCUT2D eigenvalue weighted by molar-refractivity contribution is -0.137. The molecule has 0 unspecified atom stereocenters. The number of nitrogens with one attached hydrogen (secondary N) is 2. The van der Waals surface area contributed by atoms with E-state index in [-0.39, 0.29) is 47.6 Å². The Morgan fingerprint density at radius 2 is 1.64 bits per heavy atom. The third-order valence-electron chi connectivity index (χ3n) is 4.18. The Bertz CT molecular complexity index is 866. The molecule has 150 valence electrons. The SMILES string of the molecule is Cl.NCc1cc(NC(=O)c2ccc(NC(=O)C3CC3)cc2)cc(C(F)(F)F)c1. The zero-order chi connectivity index (χ0) is 19.6. The Morgan fingerprint density at radius 3 is 2.18 bits per heavy atom. The van der Waals surface area contributed by atoms with Crippen LogP contribution in [0.5, 0.6) is 0 Å². The van der Waals surface area contributed by atoms with E-state index in [0.29, 0.717) is 5.69 Å². The molecule has 0 aliphatic heterocycles. The Morgan fingerprint density at radius 1 is 1.00 bits per heavy atom. The third kappa shape index (κ3) is 5.46. The van der Waals surface area contributed by atoms with Crippen LogP contribution in [0.2, 0.25) is 0 Å². The van der Waals surface area contributed by atoms with Gasteiger partial charge in [0.25, 0.3) is 5.91 Å². The van der Waals surface area contributed by atoms with E-state index >= 15 is 0 Å². The summed E-state index contributed by atoms with van der Waals surface area (Å²) in [6, 6.07) is 9.36. The van der Waals surface area contributed by atoms with E-state index in [2.05, 4.69) is 10.6 Å². The van der Waals surface area contributed by atoms with Crippen molar-refractivity contribution in [3.05, 3.63) is 59.2 Å². The normalized spacial score (nSPS) is 13.4. The van der Waals surface area contributed by atoms with Crippen molar-refractivity contribution in [3.63, 3.8) is 0 Å². The first-order valence-corrected chi connectivity index (χ1v) is 8.40. The number of halogens is 4. The maximum Gasteiger partial charge on any atom is 0.416 e. The summed E-state index contributed by atoms with van der Waals surface area (Å²) in [7, 11) is 0. The van der Waals surface area contributed by atoms with E-state index in [1.165, 1.54) is 18.2 Å². The monoisotopic (exact) mass is 413 g/mol. The second kappa shape index (κ2) is 8.62. The maximum atomic E-state index is 13.0. The minimum Gasteiger partial charge on any atom is -0.326 e. The molecule has 1 fully saturated rings. The lowest BCUT2D eigenvalue weighted by Crippen LogP contribution is -2.15. The molecule has 9 heteroatoms. The van der Waals surface area contributed by atoms with Crippen LogP contribution >= 0.6 is 12.4 Å². The topological polar surface area (TPSA) is 84.2 Å². The van der Waals surface area contributed by atoms with Gasteiger partial charge in [-0.15, -0.1) is 12.4 Å². The molecule has 0 saturated heterocycles. The number of alkyl halides is 3. The molecule has 0 aromatic heterocycles. The molecule has 0 atom stereocenters. The zero-order valence-electron chi connectivity index (χ0n) is 14.7. The van der Waals surface area contributed by atoms with Gasteiger partial charge in [0.05, 0.1) is 5.56 Å². The fourth-order valence-electron chi connectivity index (χ4n) is 2.54. The lowest BCUT2D eigenvalue weighted by atomic mass is 10.1. The van der Waals surface area contributed by atoms with Gasteiger partial charge < -0.3 is 16.4 Å². The van der Waals surface area contributed by atoms with Crippen LogP contribution in [0.3, 0.4) is 0 Å². The van der Waals surface area contributed by atoms with Crippen LogP contribution in [-0.2, 0) is 17.5 Å². The van der Waals surface area contributed by atoms with E-state index in [4.69, 9.17) is 5.73 Å². The quantitative estimate of drug-likeness (QED) is 0.687. The second-order valence-corrected chi connectivity index (χ2v) is 6.42.